The van der Waals surface area contributed by atoms with Crippen LogP contribution in [0.3, 0.4) is 0 Å². The second kappa shape index (κ2) is 8.93. The van der Waals surface area contributed by atoms with Crippen molar-refractivity contribution in [1.82, 2.24) is 4.31 Å². The summed E-state index contributed by atoms with van der Waals surface area (Å²) in [5, 5.41) is 5.50. The van der Waals surface area contributed by atoms with Gasteiger partial charge in [-0.15, -0.1) is 0 Å². The summed E-state index contributed by atoms with van der Waals surface area (Å²) in [6.45, 7) is 3.58. The normalized spacial score (nSPS) is 17.4. The Morgan fingerprint density at radius 3 is 2.43 bits per heavy atom. The molecule has 9 heteroatoms. The number of halogens is 1. The molecule has 2 aromatic rings. The second-order valence-corrected chi connectivity index (χ2v) is 9.31. The standard InChI is InChI=1S/C21H24FN3O4S/c1-14-5-10-19(23-15(2)26)20(12-14)24-21(27)16-4-3-11-25(13-16)30(28,29)18-8-6-17(22)7-9-18/h5-10,12,16H,3-4,11,13H2,1-2H3,(H,23,26)(H,24,27). The van der Waals surface area contributed by atoms with E-state index in [4.69, 9.17) is 0 Å². The number of sulfonamides is 1. The molecule has 1 fully saturated rings. The average Bonchev–Trinajstić information content (AvgIpc) is 2.70. The summed E-state index contributed by atoms with van der Waals surface area (Å²) in [6, 6.07) is 9.92. The molecule has 0 spiro atoms. The molecule has 2 amide bonds. The number of rotatable bonds is 5. The molecule has 0 aromatic heterocycles. The Bertz CT molecular complexity index is 1050. The molecule has 1 aliphatic rings. The van der Waals surface area contributed by atoms with Crippen LogP contribution in [0, 0.1) is 18.7 Å². The van der Waals surface area contributed by atoms with Gasteiger partial charge < -0.3 is 10.6 Å². The molecule has 0 radical (unpaired) electrons. The van der Waals surface area contributed by atoms with Crippen LogP contribution in [-0.2, 0) is 19.6 Å². The number of hydrogen-bond donors (Lipinski definition) is 2. The van der Waals surface area contributed by atoms with Crippen LogP contribution in [0.4, 0.5) is 15.8 Å². The first kappa shape index (κ1) is 21.9. The largest absolute Gasteiger partial charge is 0.325 e. The van der Waals surface area contributed by atoms with Crippen molar-refractivity contribution in [2.75, 3.05) is 23.7 Å². The summed E-state index contributed by atoms with van der Waals surface area (Å²) in [6.07, 6.45) is 1.08. The van der Waals surface area contributed by atoms with Gasteiger partial charge in [0, 0.05) is 20.0 Å². The number of amides is 2. The summed E-state index contributed by atoms with van der Waals surface area (Å²) < 4.78 is 40.1. The van der Waals surface area contributed by atoms with Gasteiger partial charge in [0.25, 0.3) is 0 Å². The molecule has 30 heavy (non-hydrogen) atoms. The first-order valence-corrected chi connectivity index (χ1v) is 11.1. The molecule has 0 bridgehead atoms. The minimum absolute atomic E-state index is 0.00316. The van der Waals surface area contributed by atoms with E-state index >= 15 is 0 Å². The van der Waals surface area contributed by atoms with Crippen LogP contribution in [0.25, 0.3) is 0 Å². The fourth-order valence-electron chi connectivity index (χ4n) is 3.43. The van der Waals surface area contributed by atoms with E-state index in [1.165, 1.54) is 23.4 Å². The highest BCUT2D eigenvalue weighted by atomic mass is 32.2. The lowest BCUT2D eigenvalue weighted by Gasteiger charge is -2.31. The van der Waals surface area contributed by atoms with Crippen LogP contribution in [0.15, 0.2) is 47.4 Å². The third-order valence-corrected chi connectivity index (χ3v) is 6.83. The Morgan fingerprint density at radius 1 is 1.07 bits per heavy atom. The third-order valence-electron chi connectivity index (χ3n) is 4.95. The smallest absolute Gasteiger partial charge is 0.243 e. The van der Waals surface area contributed by atoms with E-state index in [1.54, 1.807) is 12.1 Å². The molecule has 2 aromatic carbocycles. The highest BCUT2D eigenvalue weighted by Crippen LogP contribution is 2.27. The SMILES string of the molecule is CC(=O)Nc1ccc(C)cc1NC(=O)C1CCCN(S(=O)(=O)c2ccc(F)cc2)C1. The summed E-state index contributed by atoms with van der Waals surface area (Å²) in [7, 11) is -3.82. The zero-order valence-electron chi connectivity index (χ0n) is 16.8. The molecule has 0 saturated carbocycles. The van der Waals surface area contributed by atoms with Gasteiger partial charge in [-0.3, -0.25) is 9.59 Å². The number of aryl methyl sites for hydroxylation is 1. The molecule has 1 aliphatic heterocycles. The number of nitrogens with zero attached hydrogens (tertiary/aromatic N) is 1. The van der Waals surface area contributed by atoms with E-state index < -0.39 is 21.8 Å². The van der Waals surface area contributed by atoms with Gasteiger partial charge in [-0.2, -0.15) is 4.31 Å². The molecule has 1 heterocycles. The predicted octanol–water partition coefficient (Wildman–Crippen LogP) is 3.13. The lowest BCUT2D eigenvalue weighted by atomic mass is 9.98. The first-order valence-electron chi connectivity index (χ1n) is 9.61. The monoisotopic (exact) mass is 433 g/mol. The van der Waals surface area contributed by atoms with Crippen LogP contribution in [-0.4, -0.2) is 37.6 Å². The summed E-state index contributed by atoms with van der Waals surface area (Å²) in [5.41, 5.74) is 1.85. The Kier molecular flexibility index (Phi) is 6.52. The lowest BCUT2D eigenvalue weighted by Crippen LogP contribution is -2.43. The number of piperidine rings is 1. The highest BCUT2D eigenvalue weighted by Gasteiger charge is 2.33. The van der Waals surface area contributed by atoms with E-state index in [1.807, 2.05) is 13.0 Å². The first-order chi connectivity index (χ1) is 14.2. The summed E-state index contributed by atoms with van der Waals surface area (Å²) >= 11 is 0. The minimum Gasteiger partial charge on any atom is -0.325 e. The van der Waals surface area contributed by atoms with Gasteiger partial charge in [0.15, 0.2) is 0 Å². The molecule has 3 rings (SSSR count). The van der Waals surface area contributed by atoms with Crippen LogP contribution in [0.2, 0.25) is 0 Å². The number of benzene rings is 2. The Labute approximate surface area is 175 Å². The minimum atomic E-state index is -3.82. The van der Waals surface area contributed by atoms with E-state index in [-0.39, 0.29) is 23.3 Å². The van der Waals surface area contributed by atoms with Crippen molar-refractivity contribution in [2.45, 2.75) is 31.6 Å². The zero-order chi connectivity index (χ0) is 21.9. The van der Waals surface area contributed by atoms with Gasteiger partial charge in [0.05, 0.1) is 22.2 Å². The van der Waals surface area contributed by atoms with Crippen molar-refractivity contribution >= 4 is 33.2 Å². The van der Waals surface area contributed by atoms with Crippen LogP contribution in [0.5, 0.6) is 0 Å². The molecular weight excluding hydrogens is 409 g/mol. The van der Waals surface area contributed by atoms with E-state index in [0.717, 1.165) is 17.7 Å². The van der Waals surface area contributed by atoms with Gasteiger partial charge in [-0.1, -0.05) is 6.07 Å². The number of carbonyl (C=O) groups excluding carboxylic acids is 2. The maximum absolute atomic E-state index is 13.1. The number of anilines is 2. The molecule has 1 atom stereocenters. The van der Waals surface area contributed by atoms with Crippen LogP contribution < -0.4 is 10.6 Å². The van der Waals surface area contributed by atoms with Gasteiger partial charge in [0.2, 0.25) is 21.8 Å². The summed E-state index contributed by atoms with van der Waals surface area (Å²) in [4.78, 5) is 24.3. The van der Waals surface area contributed by atoms with Crippen LogP contribution >= 0.6 is 0 Å². The van der Waals surface area contributed by atoms with E-state index in [9.17, 15) is 22.4 Å². The molecule has 2 N–H and O–H groups in total. The Balaban J connectivity index is 1.76. The second-order valence-electron chi connectivity index (χ2n) is 7.38. The lowest BCUT2D eigenvalue weighted by molar-refractivity contribution is -0.121. The molecule has 160 valence electrons. The molecule has 1 saturated heterocycles. The van der Waals surface area contributed by atoms with Crippen molar-refractivity contribution in [1.29, 1.82) is 0 Å². The quantitative estimate of drug-likeness (QED) is 0.757. The fourth-order valence-corrected chi connectivity index (χ4v) is 4.95. The van der Waals surface area contributed by atoms with Crippen LogP contribution in [0.1, 0.15) is 25.3 Å². The molecular formula is C21H24FN3O4S. The van der Waals surface area contributed by atoms with Crippen molar-refractivity contribution in [3.8, 4) is 0 Å². The fraction of sp³-hybridized carbons (Fsp3) is 0.333. The zero-order valence-corrected chi connectivity index (χ0v) is 17.6. The topological polar surface area (TPSA) is 95.6 Å². The van der Waals surface area contributed by atoms with Gasteiger partial charge in [-0.05, 0) is 61.7 Å². The van der Waals surface area contributed by atoms with Crippen molar-refractivity contribution in [3.05, 3.63) is 53.8 Å². The third kappa shape index (κ3) is 5.03. The van der Waals surface area contributed by atoms with Gasteiger partial charge >= 0.3 is 0 Å². The van der Waals surface area contributed by atoms with E-state index in [2.05, 4.69) is 10.6 Å². The number of nitrogens with one attached hydrogen (secondary N) is 2. The molecule has 0 aliphatic carbocycles. The van der Waals surface area contributed by atoms with Crippen molar-refractivity contribution in [2.24, 2.45) is 5.92 Å². The maximum Gasteiger partial charge on any atom is 0.243 e. The van der Waals surface area contributed by atoms with Gasteiger partial charge in [-0.25, -0.2) is 12.8 Å². The van der Waals surface area contributed by atoms with E-state index in [0.29, 0.717) is 30.8 Å². The number of carbonyl (C=O) groups is 2. The highest BCUT2D eigenvalue weighted by molar-refractivity contribution is 7.89. The van der Waals surface area contributed by atoms with Gasteiger partial charge in [0.1, 0.15) is 5.82 Å². The van der Waals surface area contributed by atoms with Crippen molar-refractivity contribution in [3.63, 3.8) is 0 Å². The Morgan fingerprint density at radius 2 is 1.77 bits per heavy atom. The predicted molar refractivity (Wildman–Crippen MR) is 112 cm³/mol. The molecule has 7 nitrogen and oxygen atoms in total. The number of hydrogen-bond acceptors (Lipinski definition) is 4. The summed E-state index contributed by atoms with van der Waals surface area (Å²) in [5.74, 6) is -1.63. The average molecular weight is 434 g/mol. The maximum atomic E-state index is 13.1. The molecule has 1 unspecified atom stereocenters. The van der Waals surface area contributed by atoms with Crippen molar-refractivity contribution < 1.29 is 22.4 Å². The Hall–Kier alpha value is -2.78.